The fourth-order valence-electron chi connectivity index (χ4n) is 7.93. The molecule has 4 aromatic rings. The van der Waals surface area contributed by atoms with Crippen molar-refractivity contribution in [3.05, 3.63) is 46.6 Å². The van der Waals surface area contributed by atoms with Crippen molar-refractivity contribution in [3.63, 3.8) is 0 Å². The van der Waals surface area contributed by atoms with Crippen LogP contribution in [0, 0.1) is 0 Å². The molecule has 2 aromatic heterocycles. The van der Waals surface area contributed by atoms with Gasteiger partial charge in [-0.15, -0.1) is 0 Å². The van der Waals surface area contributed by atoms with Gasteiger partial charge in [0.05, 0.1) is 22.1 Å². The van der Waals surface area contributed by atoms with Crippen molar-refractivity contribution in [1.29, 1.82) is 0 Å². The highest BCUT2D eigenvalue weighted by Gasteiger charge is 2.53. The quantitative estimate of drug-likeness (QED) is 0.463. The summed E-state index contributed by atoms with van der Waals surface area (Å²) in [6.07, 6.45) is 4.89. The molecule has 5 heterocycles. The summed E-state index contributed by atoms with van der Waals surface area (Å²) in [6.45, 7) is 2.76. The summed E-state index contributed by atoms with van der Waals surface area (Å²) >= 11 is 0. The van der Waals surface area contributed by atoms with Crippen LogP contribution in [0.15, 0.2) is 24.3 Å². The molecule has 35 heavy (non-hydrogen) atoms. The number of hydrogen-bond donors (Lipinski definition) is 2. The first-order chi connectivity index (χ1) is 17.1. The predicted octanol–water partition coefficient (Wildman–Crippen LogP) is 4.08. The lowest BCUT2D eigenvalue weighted by atomic mass is 9.90. The van der Waals surface area contributed by atoms with Crippen molar-refractivity contribution in [2.24, 2.45) is 0 Å². The number of benzene rings is 2. The van der Waals surface area contributed by atoms with E-state index < -0.39 is 5.72 Å². The molecule has 8 rings (SSSR count). The zero-order valence-corrected chi connectivity index (χ0v) is 20.4. The van der Waals surface area contributed by atoms with Crippen molar-refractivity contribution in [3.8, 4) is 0 Å². The Balaban J connectivity index is 1.68. The van der Waals surface area contributed by atoms with Crippen molar-refractivity contribution < 1.29 is 14.3 Å². The van der Waals surface area contributed by atoms with Gasteiger partial charge in [-0.1, -0.05) is 18.2 Å². The highest BCUT2D eigenvalue weighted by molar-refractivity contribution is 6.26. The van der Waals surface area contributed by atoms with Gasteiger partial charge in [0.1, 0.15) is 12.3 Å². The lowest BCUT2D eigenvalue weighted by Crippen LogP contribution is -2.59. The van der Waals surface area contributed by atoms with Gasteiger partial charge in [0.25, 0.3) is 5.91 Å². The molecule has 2 N–H and O–H groups in total. The second kappa shape index (κ2) is 6.66. The number of ether oxygens (including phenoxy) is 2. The number of fused-ring (bicyclic) bond motifs is 13. The molecule has 4 aliphatic rings. The number of hydrogen-bond acceptors (Lipinski definition) is 4. The molecular formula is C28H30N4O3. The number of rotatable bonds is 2. The van der Waals surface area contributed by atoms with Gasteiger partial charge in [-0.25, -0.2) is 0 Å². The normalized spacial score (nSPS) is 29.1. The zero-order chi connectivity index (χ0) is 23.6. The molecule has 3 aliphatic heterocycles. The highest BCUT2D eigenvalue weighted by atomic mass is 16.6. The third-order valence-corrected chi connectivity index (χ3v) is 9.19. The highest BCUT2D eigenvalue weighted by Crippen LogP contribution is 2.53. The maximum atomic E-state index is 13.4. The second-order valence-electron chi connectivity index (χ2n) is 10.8. The summed E-state index contributed by atoms with van der Waals surface area (Å²) in [6, 6.07) is 8.71. The van der Waals surface area contributed by atoms with Gasteiger partial charge in [-0.3, -0.25) is 4.79 Å². The second-order valence-corrected chi connectivity index (χ2v) is 10.8. The maximum absolute atomic E-state index is 13.4. The molecule has 1 amide bonds. The third-order valence-electron chi connectivity index (χ3n) is 9.19. The largest absolute Gasteiger partial charge is 0.375 e. The fraction of sp³-hybridized carbons (Fsp3) is 0.464. The van der Waals surface area contributed by atoms with Crippen LogP contribution < -0.4 is 10.6 Å². The Labute approximate surface area is 203 Å². The first-order valence-corrected chi connectivity index (χ1v) is 12.9. The van der Waals surface area contributed by atoms with Gasteiger partial charge in [-0.05, 0) is 56.8 Å². The predicted molar refractivity (Wildman–Crippen MR) is 135 cm³/mol. The molecule has 1 saturated heterocycles. The molecule has 0 spiro atoms. The molecule has 180 valence electrons. The van der Waals surface area contributed by atoms with E-state index in [1.807, 2.05) is 7.05 Å². The van der Waals surface area contributed by atoms with Gasteiger partial charge in [-0.2, -0.15) is 0 Å². The number of nitrogens with zero attached hydrogens (tertiary/aromatic N) is 2. The molecule has 7 nitrogen and oxygen atoms in total. The van der Waals surface area contributed by atoms with Crippen molar-refractivity contribution in [2.45, 2.75) is 69.7 Å². The van der Waals surface area contributed by atoms with E-state index in [2.05, 4.69) is 51.0 Å². The number of methoxy groups -OCH3 is 1. The van der Waals surface area contributed by atoms with E-state index in [1.54, 1.807) is 7.11 Å². The number of carbonyl (C=O) groups excluding carboxylic acids is 1. The van der Waals surface area contributed by atoms with Crippen LogP contribution in [0.3, 0.4) is 0 Å². The fourth-order valence-corrected chi connectivity index (χ4v) is 7.93. The summed E-state index contributed by atoms with van der Waals surface area (Å²) in [4.78, 5) is 13.4. The van der Waals surface area contributed by atoms with Crippen LogP contribution in [0.5, 0.6) is 0 Å². The summed E-state index contributed by atoms with van der Waals surface area (Å²) < 4.78 is 18.2. The van der Waals surface area contributed by atoms with E-state index in [1.165, 1.54) is 39.5 Å². The molecule has 0 saturated carbocycles. The Hall–Kier alpha value is -2.87. The van der Waals surface area contributed by atoms with E-state index in [0.29, 0.717) is 6.54 Å². The average molecular weight is 471 g/mol. The van der Waals surface area contributed by atoms with E-state index in [-0.39, 0.29) is 24.3 Å². The van der Waals surface area contributed by atoms with Crippen LogP contribution in [-0.4, -0.2) is 41.3 Å². The monoisotopic (exact) mass is 470 g/mol. The Morgan fingerprint density at radius 1 is 1.14 bits per heavy atom. The van der Waals surface area contributed by atoms with Gasteiger partial charge in [0, 0.05) is 48.0 Å². The summed E-state index contributed by atoms with van der Waals surface area (Å²) in [7, 11) is 3.81. The summed E-state index contributed by atoms with van der Waals surface area (Å²) in [5.41, 5.74) is 7.53. The summed E-state index contributed by atoms with van der Waals surface area (Å²) in [5, 5.41) is 10.2. The summed E-state index contributed by atoms with van der Waals surface area (Å²) in [5.74, 6) is 0.0615. The van der Waals surface area contributed by atoms with E-state index in [9.17, 15) is 4.79 Å². The minimum absolute atomic E-state index is 0.0615. The topological polar surface area (TPSA) is 69.5 Å². The lowest BCUT2D eigenvalue weighted by molar-refractivity contribution is -0.257. The number of carbonyl (C=O) groups is 1. The smallest absolute Gasteiger partial charge is 0.252 e. The minimum atomic E-state index is -0.718. The molecule has 4 unspecified atom stereocenters. The number of nitrogens with one attached hydrogen (secondary N) is 2. The van der Waals surface area contributed by atoms with Crippen molar-refractivity contribution >= 4 is 38.6 Å². The van der Waals surface area contributed by atoms with Crippen molar-refractivity contribution in [1.82, 2.24) is 19.8 Å². The van der Waals surface area contributed by atoms with Crippen LogP contribution in [0.1, 0.15) is 59.6 Å². The molecule has 0 radical (unpaired) electrons. The minimum Gasteiger partial charge on any atom is -0.375 e. The number of aryl methyl sites for hydroxylation is 1. The maximum Gasteiger partial charge on any atom is 0.252 e. The molecule has 2 bridgehead atoms. The van der Waals surface area contributed by atoms with E-state index >= 15 is 0 Å². The standard InChI is InChI=1S/C28H30N4O3/c1-28-26(34-3)17(29-2)12-20(35-28)31-18-10-6-4-8-14(18)22-23-16(13-30-27(23)33)21-15-9-5-7-11-19(15)32(28)25(21)24(22)31/h5,7,9,11,17,20,26,29H,4,6,8,10,12-13H2,1-3H3,(H,30,33). The Morgan fingerprint density at radius 3 is 2.80 bits per heavy atom. The Morgan fingerprint density at radius 2 is 1.97 bits per heavy atom. The zero-order valence-electron chi connectivity index (χ0n) is 20.4. The van der Waals surface area contributed by atoms with Crippen molar-refractivity contribution in [2.75, 3.05) is 14.2 Å². The van der Waals surface area contributed by atoms with Crippen LogP contribution in [0.25, 0.3) is 32.7 Å². The number of amides is 1. The average Bonchev–Trinajstić information content (AvgIpc) is 3.51. The molecule has 1 fully saturated rings. The molecule has 7 heteroatoms. The number of aromatic nitrogens is 2. The molecular weight excluding hydrogens is 440 g/mol. The number of likely N-dealkylation sites (N-methyl/N-ethyl adjacent to an activating group) is 1. The van der Waals surface area contributed by atoms with Gasteiger partial charge in [0.2, 0.25) is 0 Å². The SMILES string of the molecule is CNC1CC2OC(C)(C1OC)n1c3ccccc3c3c4c(c5c6c(n2c5c31)CCCC6)C(=O)NC4. The number of para-hydroxylation sites is 1. The van der Waals surface area contributed by atoms with Gasteiger partial charge < -0.3 is 29.2 Å². The first-order valence-electron chi connectivity index (χ1n) is 12.9. The Bertz CT molecular complexity index is 1600. The van der Waals surface area contributed by atoms with Crippen LogP contribution in [-0.2, 0) is 34.6 Å². The molecule has 4 atom stereocenters. The third kappa shape index (κ3) is 2.22. The van der Waals surface area contributed by atoms with Gasteiger partial charge >= 0.3 is 0 Å². The molecule has 1 aliphatic carbocycles. The van der Waals surface area contributed by atoms with Crippen LogP contribution in [0.4, 0.5) is 0 Å². The first kappa shape index (κ1) is 20.3. The van der Waals surface area contributed by atoms with Gasteiger partial charge in [0.15, 0.2) is 5.72 Å². The Kier molecular flexibility index (Phi) is 3.87. The van der Waals surface area contributed by atoms with E-state index in [4.69, 9.17) is 9.47 Å². The van der Waals surface area contributed by atoms with E-state index in [0.717, 1.165) is 47.7 Å². The lowest BCUT2D eigenvalue weighted by Gasteiger charge is -2.48. The molecule has 2 aromatic carbocycles. The van der Waals surface area contributed by atoms with Crippen LogP contribution in [0.2, 0.25) is 0 Å². The van der Waals surface area contributed by atoms with Crippen LogP contribution >= 0.6 is 0 Å².